The normalized spacial score (nSPS) is 8.58. The summed E-state index contributed by atoms with van der Waals surface area (Å²) in [5.41, 5.74) is 6.78. The topological polar surface area (TPSA) is 49.8 Å². The first kappa shape index (κ1) is 8.46. The highest BCUT2D eigenvalue weighted by atomic mass is 35.5. The van der Waals surface area contributed by atoms with Crippen molar-refractivity contribution >= 4 is 17.3 Å². The molecular formula is C9H5ClN2. The van der Waals surface area contributed by atoms with Gasteiger partial charge in [-0.15, -0.1) is 6.42 Å². The molecule has 0 atom stereocenters. The number of nitrogen functional groups attached to an aromatic ring is 1. The molecule has 0 saturated carbocycles. The monoisotopic (exact) mass is 176 g/mol. The fourth-order valence-electron chi connectivity index (χ4n) is 0.799. The van der Waals surface area contributed by atoms with Gasteiger partial charge in [0.25, 0.3) is 0 Å². The summed E-state index contributed by atoms with van der Waals surface area (Å²) < 4.78 is 0. The third-order valence-electron chi connectivity index (χ3n) is 1.42. The number of halogens is 1. The summed E-state index contributed by atoms with van der Waals surface area (Å²) in [6.45, 7) is 0. The van der Waals surface area contributed by atoms with Gasteiger partial charge in [-0.1, -0.05) is 17.5 Å². The van der Waals surface area contributed by atoms with Crippen molar-refractivity contribution in [3.05, 3.63) is 28.3 Å². The van der Waals surface area contributed by atoms with Crippen molar-refractivity contribution in [3.8, 4) is 18.4 Å². The van der Waals surface area contributed by atoms with E-state index in [1.54, 1.807) is 0 Å². The summed E-state index contributed by atoms with van der Waals surface area (Å²) in [4.78, 5) is 0. The molecule has 12 heavy (non-hydrogen) atoms. The Morgan fingerprint density at radius 1 is 1.42 bits per heavy atom. The molecule has 0 bridgehead atoms. The smallest absolute Gasteiger partial charge is 0.101 e. The molecule has 0 spiro atoms. The highest BCUT2D eigenvalue weighted by molar-refractivity contribution is 6.32. The lowest BCUT2D eigenvalue weighted by Crippen LogP contribution is -1.91. The average Bonchev–Trinajstić information content (AvgIpc) is 2.05. The zero-order chi connectivity index (χ0) is 9.14. The molecule has 0 radical (unpaired) electrons. The summed E-state index contributed by atoms with van der Waals surface area (Å²) in [6.07, 6.45) is 5.14. The van der Waals surface area contributed by atoms with E-state index in [1.807, 2.05) is 6.07 Å². The zero-order valence-corrected chi connectivity index (χ0v) is 6.89. The van der Waals surface area contributed by atoms with Crippen molar-refractivity contribution in [2.75, 3.05) is 5.73 Å². The van der Waals surface area contributed by atoms with Crippen LogP contribution in [0.25, 0.3) is 0 Å². The molecule has 58 valence electrons. The van der Waals surface area contributed by atoms with Gasteiger partial charge in [-0.2, -0.15) is 5.26 Å². The van der Waals surface area contributed by atoms with Crippen LogP contribution >= 0.6 is 11.6 Å². The standard InChI is InChI=1S/C9H5ClN2/c1-2-6-3-7(5-11)8(10)4-9(6)12/h1,3-4H,12H2. The van der Waals surface area contributed by atoms with E-state index >= 15 is 0 Å². The Labute approximate surface area is 75.6 Å². The zero-order valence-electron chi connectivity index (χ0n) is 6.13. The van der Waals surface area contributed by atoms with Crippen LogP contribution in [-0.2, 0) is 0 Å². The van der Waals surface area contributed by atoms with Crippen LogP contribution in [0.15, 0.2) is 12.1 Å². The van der Waals surface area contributed by atoms with Crippen LogP contribution in [0, 0.1) is 23.7 Å². The highest BCUT2D eigenvalue weighted by Gasteiger charge is 2.03. The molecule has 0 fully saturated rings. The number of nitrogens with two attached hydrogens (primary N) is 1. The molecular weight excluding hydrogens is 172 g/mol. The Bertz CT molecular complexity index is 361. The van der Waals surface area contributed by atoms with Crippen LogP contribution in [0.3, 0.4) is 0 Å². The Morgan fingerprint density at radius 2 is 2.08 bits per heavy atom. The van der Waals surface area contributed by atoms with E-state index in [0.29, 0.717) is 21.8 Å². The van der Waals surface area contributed by atoms with Gasteiger partial charge in [0.1, 0.15) is 6.07 Å². The summed E-state index contributed by atoms with van der Waals surface area (Å²) >= 11 is 5.69. The minimum absolute atomic E-state index is 0.328. The Hall–Kier alpha value is -1.64. The van der Waals surface area contributed by atoms with E-state index in [2.05, 4.69) is 5.92 Å². The lowest BCUT2D eigenvalue weighted by molar-refractivity contribution is 1.48. The largest absolute Gasteiger partial charge is 0.398 e. The fraction of sp³-hybridized carbons (Fsp3) is 0. The minimum atomic E-state index is 0.328. The maximum atomic E-state index is 8.59. The molecule has 0 amide bonds. The molecule has 2 nitrogen and oxygen atoms in total. The van der Waals surface area contributed by atoms with Gasteiger partial charge in [0, 0.05) is 11.3 Å². The number of nitrogens with zero attached hydrogens (tertiary/aromatic N) is 1. The summed E-state index contributed by atoms with van der Waals surface area (Å²) in [5, 5.41) is 8.91. The molecule has 2 N–H and O–H groups in total. The average molecular weight is 177 g/mol. The second kappa shape index (κ2) is 3.17. The van der Waals surface area contributed by atoms with E-state index in [4.69, 9.17) is 29.0 Å². The first-order valence-electron chi connectivity index (χ1n) is 3.14. The third kappa shape index (κ3) is 1.34. The molecule has 0 heterocycles. The van der Waals surface area contributed by atoms with Crippen LogP contribution in [-0.4, -0.2) is 0 Å². The highest BCUT2D eigenvalue weighted by Crippen LogP contribution is 2.21. The summed E-state index contributed by atoms with van der Waals surface area (Å²) in [7, 11) is 0. The van der Waals surface area contributed by atoms with Gasteiger partial charge in [-0.25, -0.2) is 0 Å². The van der Waals surface area contributed by atoms with Crippen LogP contribution in [0.4, 0.5) is 5.69 Å². The lowest BCUT2D eigenvalue weighted by atomic mass is 10.1. The van der Waals surface area contributed by atoms with E-state index in [0.717, 1.165) is 0 Å². The Kier molecular flexibility index (Phi) is 2.24. The molecule has 1 rings (SSSR count). The quantitative estimate of drug-likeness (QED) is 0.484. The fourth-order valence-corrected chi connectivity index (χ4v) is 1.01. The number of rotatable bonds is 0. The van der Waals surface area contributed by atoms with Crippen molar-refractivity contribution in [2.24, 2.45) is 0 Å². The van der Waals surface area contributed by atoms with Crippen molar-refractivity contribution in [1.82, 2.24) is 0 Å². The van der Waals surface area contributed by atoms with Crippen molar-refractivity contribution < 1.29 is 0 Å². The molecule has 0 aliphatic rings. The molecule has 0 saturated heterocycles. The predicted octanol–water partition coefficient (Wildman–Crippen LogP) is 1.78. The number of anilines is 1. The Morgan fingerprint density at radius 3 is 2.58 bits per heavy atom. The van der Waals surface area contributed by atoms with Crippen molar-refractivity contribution in [3.63, 3.8) is 0 Å². The number of hydrogen-bond acceptors (Lipinski definition) is 2. The number of benzene rings is 1. The van der Waals surface area contributed by atoms with Crippen LogP contribution in [0.1, 0.15) is 11.1 Å². The molecule has 1 aromatic carbocycles. The lowest BCUT2D eigenvalue weighted by Gasteiger charge is -2.00. The van der Waals surface area contributed by atoms with E-state index < -0.39 is 0 Å². The van der Waals surface area contributed by atoms with Gasteiger partial charge in [-0.05, 0) is 12.1 Å². The van der Waals surface area contributed by atoms with Crippen molar-refractivity contribution in [1.29, 1.82) is 5.26 Å². The minimum Gasteiger partial charge on any atom is -0.398 e. The molecule has 3 heteroatoms. The summed E-state index contributed by atoms with van der Waals surface area (Å²) in [5.74, 6) is 2.36. The Balaban J connectivity index is 3.42. The number of terminal acetylenes is 1. The molecule has 0 aliphatic heterocycles. The maximum Gasteiger partial charge on any atom is 0.101 e. The second-order valence-corrected chi connectivity index (χ2v) is 2.58. The van der Waals surface area contributed by atoms with Gasteiger partial charge in [0.15, 0.2) is 0 Å². The van der Waals surface area contributed by atoms with Crippen LogP contribution in [0.2, 0.25) is 5.02 Å². The molecule has 0 unspecified atom stereocenters. The SMILES string of the molecule is C#Cc1cc(C#N)c(Cl)cc1N. The van der Waals surface area contributed by atoms with Crippen LogP contribution < -0.4 is 5.73 Å². The van der Waals surface area contributed by atoms with Gasteiger partial charge in [0.2, 0.25) is 0 Å². The van der Waals surface area contributed by atoms with Gasteiger partial charge < -0.3 is 5.73 Å². The van der Waals surface area contributed by atoms with Gasteiger partial charge in [0.05, 0.1) is 10.6 Å². The van der Waals surface area contributed by atoms with E-state index in [-0.39, 0.29) is 0 Å². The predicted molar refractivity (Wildman–Crippen MR) is 48.5 cm³/mol. The van der Waals surface area contributed by atoms with E-state index in [1.165, 1.54) is 12.1 Å². The van der Waals surface area contributed by atoms with E-state index in [9.17, 15) is 0 Å². The van der Waals surface area contributed by atoms with Gasteiger partial charge in [-0.3, -0.25) is 0 Å². The summed E-state index contributed by atoms with van der Waals surface area (Å²) in [6, 6.07) is 4.89. The maximum absolute atomic E-state index is 8.59. The third-order valence-corrected chi connectivity index (χ3v) is 1.73. The van der Waals surface area contributed by atoms with Crippen molar-refractivity contribution in [2.45, 2.75) is 0 Å². The molecule has 0 aliphatic carbocycles. The molecule has 1 aromatic rings. The number of nitriles is 1. The van der Waals surface area contributed by atoms with Gasteiger partial charge >= 0.3 is 0 Å². The second-order valence-electron chi connectivity index (χ2n) is 2.18. The molecule has 0 aromatic heterocycles. The first-order valence-corrected chi connectivity index (χ1v) is 3.52. The van der Waals surface area contributed by atoms with Crippen LogP contribution in [0.5, 0.6) is 0 Å². The number of hydrogen-bond donors (Lipinski definition) is 1. The first-order chi connectivity index (χ1) is 5.69.